The molecule has 0 aromatic heterocycles. The van der Waals surface area contributed by atoms with E-state index in [1.165, 1.54) is 13.2 Å². The molecule has 0 spiro atoms. The van der Waals surface area contributed by atoms with Gasteiger partial charge in [-0.25, -0.2) is 4.79 Å². The van der Waals surface area contributed by atoms with Gasteiger partial charge in [0.25, 0.3) is 5.91 Å². The summed E-state index contributed by atoms with van der Waals surface area (Å²) >= 11 is 0. The van der Waals surface area contributed by atoms with Crippen molar-refractivity contribution in [3.63, 3.8) is 0 Å². The van der Waals surface area contributed by atoms with Gasteiger partial charge in [0.05, 0.1) is 24.0 Å². The quantitative estimate of drug-likeness (QED) is 0.395. The van der Waals surface area contributed by atoms with Crippen molar-refractivity contribution in [2.45, 2.75) is 65.5 Å². The number of nitrogens with one attached hydrogen (secondary N) is 1. The van der Waals surface area contributed by atoms with E-state index in [-0.39, 0.29) is 29.0 Å². The summed E-state index contributed by atoms with van der Waals surface area (Å²) < 4.78 is 22.9. The van der Waals surface area contributed by atoms with Crippen molar-refractivity contribution in [2.24, 2.45) is 23.5 Å². The number of fused-ring (bicyclic) bond motifs is 2. The van der Waals surface area contributed by atoms with Gasteiger partial charge in [0.1, 0.15) is 6.10 Å². The minimum Gasteiger partial charge on any atom is -0.441 e. The van der Waals surface area contributed by atoms with Gasteiger partial charge in [-0.05, 0) is 37.8 Å². The van der Waals surface area contributed by atoms with Gasteiger partial charge in [-0.2, -0.15) is 0 Å². The fourth-order valence-corrected chi connectivity index (χ4v) is 5.27. The number of ketones is 2. The first-order valence-electron chi connectivity index (χ1n) is 13.3. The Labute approximate surface area is 236 Å². The van der Waals surface area contributed by atoms with Crippen molar-refractivity contribution in [2.75, 3.05) is 21.3 Å². The SMILES string of the molecule is COC1C[C@H](C)[C@@H](OC)C2=CC(=O)C=C(NC(=O)/C(C)=C/C=C\[C@H](C)C(OC(N)=O)/C(C)=C/[C@@H](C)[C@@H]1OC)C2=O. The van der Waals surface area contributed by atoms with Crippen LogP contribution in [0.5, 0.6) is 0 Å². The number of primary amides is 1. The highest BCUT2D eigenvalue weighted by Gasteiger charge is 2.36. The number of carbonyl (C=O) groups is 4. The Morgan fingerprint density at radius 2 is 1.62 bits per heavy atom. The van der Waals surface area contributed by atoms with Crippen LogP contribution in [-0.4, -0.2) is 69.3 Å². The Kier molecular flexibility index (Phi) is 12.2. The molecule has 1 heterocycles. The molecular formula is C30H42N2O8. The summed E-state index contributed by atoms with van der Waals surface area (Å²) in [6.45, 7) is 9.17. The van der Waals surface area contributed by atoms with E-state index in [4.69, 9.17) is 24.7 Å². The minimum absolute atomic E-state index is 0.119. The van der Waals surface area contributed by atoms with Crippen LogP contribution in [0, 0.1) is 17.8 Å². The molecule has 0 fully saturated rings. The van der Waals surface area contributed by atoms with Gasteiger partial charge in [-0.1, -0.05) is 45.1 Å². The molecule has 3 N–H and O–H groups in total. The molecule has 1 aliphatic heterocycles. The first-order chi connectivity index (χ1) is 18.8. The Balaban J connectivity index is 2.62. The lowest BCUT2D eigenvalue weighted by Gasteiger charge is -2.34. The molecule has 2 rings (SSSR count). The summed E-state index contributed by atoms with van der Waals surface area (Å²) in [4.78, 5) is 50.5. The fraction of sp³-hybridized carbons (Fsp3) is 0.533. The summed E-state index contributed by atoms with van der Waals surface area (Å²) in [5.41, 5.74) is 6.49. The molecule has 0 saturated heterocycles. The van der Waals surface area contributed by atoms with E-state index < -0.39 is 48.0 Å². The number of ether oxygens (including phenoxy) is 4. The summed E-state index contributed by atoms with van der Waals surface area (Å²) in [5.74, 6) is -2.19. The van der Waals surface area contributed by atoms with Gasteiger partial charge in [0, 0.05) is 50.4 Å². The third kappa shape index (κ3) is 8.33. The first kappa shape index (κ1) is 32.9. The molecule has 0 radical (unpaired) electrons. The average molecular weight is 559 g/mol. The second-order valence-electron chi connectivity index (χ2n) is 10.4. The molecule has 0 saturated carbocycles. The van der Waals surface area contributed by atoms with Gasteiger partial charge in [-0.3, -0.25) is 14.4 Å². The Morgan fingerprint density at radius 3 is 2.20 bits per heavy atom. The van der Waals surface area contributed by atoms with Gasteiger partial charge in [-0.15, -0.1) is 0 Å². The monoisotopic (exact) mass is 558 g/mol. The van der Waals surface area contributed by atoms with Crippen LogP contribution in [0.15, 0.2) is 58.9 Å². The van der Waals surface area contributed by atoms with Gasteiger partial charge >= 0.3 is 6.09 Å². The molecule has 7 atom stereocenters. The van der Waals surface area contributed by atoms with Crippen molar-refractivity contribution >= 4 is 23.6 Å². The molecule has 2 aliphatic rings. The Morgan fingerprint density at radius 1 is 0.950 bits per heavy atom. The maximum atomic E-state index is 13.4. The Bertz CT molecular complexity index is 1130. The van der Waals surface area contributed by atoms with E-state index in [0.29, 0.717) is 12.0 Å². The largest absolute Gasteiger partial charge is 0.441 e. The molecule has 40 heavy (non-hydrogen) atoms. The van der Waals surface area contributed by atoms with Crippen LogP contribution in [0.1, 0.15) is 41.0 Å². The zero-order valence-electron chi connectivity index (χ0n) is 24.6. The molecule has 0 aromatic rings. The van der Waals surface area contributed by atoms with Crippen molar-refractivity contribution in [3.05, 3.63) is 58.9 Å². The highest BCUT2D eigenvalue weighted by molar-refractivity contribution is 6.22. The number of carbonyl (C=O) groups excluding carboxylic acids is 4. The Hall–Kier alpha value is -3.34. The van der Waals surface area contributed by atoms with E-state index in [9.17, 15) is 19.2 Å². The molecule has 10 nitrogen and oxygen atoms in total. The third-order valence-corrected chi connectivity index (χ3v) is 7.29. The number of methoxy groups -OCH3 is 3. The number of hydrogen-bond donors (Lipinski definition) is 2. The summed E-state index contributed by atoms with van der Waals surface area (Å²) in [6.07, 6.45) is 6.65. The van der Waals surface area contributed by atoms with Crippen LogP contribution in [0.25, 0.3) is 0 Å². The molecule has 2 amide bonds. The van der Waals surface area contributed by atoms with Crippen LogP contribution >= 0.6 is 0 Å². The highest BCUT2D eigenvalue weighted by Crippen LogP contribution is 2.30. The van der Waals surface area contributed by atoms with Crippen molar-refractivity contribution in [1.82, 2.24) is 5.32 Å². The van der Waals surface area contributed by atoms with E-state index in [0.717, 1.165) is 11.6 Å². The predicted molar refractivity (Wildman–Crippen MR) is 150 cm³/mol. The van der Waals surface area contributed by atoms with E-state index in [1.807, 2.05) is 33.8 Å². The number of rotatable bonds is 4. The minimum atomic E-state index is -0.902. The van der Waals surface area contributed by atoms with Crippen molar-refractivity contribution in [3.8, 4) is 0 Å². The lowest BCUT2D eigenvalue weighted by atomic mass is 9.83. The number of Topliss-reactive ketones (excluding diaryl/α,β-unsaturated/α-hetero) is 1. The van der Waals surface area contributed by atoms with Crippen LogP contribution in [0.3, 0.4) is 0 Å². The third-order valence-electron chi connectivity index (χ3n) is 7.29. The number of hydrogen-bond acceptors (Lipinski definition) is 8. The second-order valence-corrected chi connectivity index (χ2v) is 10.4. The average Bonchev–Trinajstić information content (AvgIpc) is 2.88. The predicted octanol–water partition coefficient (Wildman–Crippen LogP) is 3.33. The summed E-state index contributed by atoms with van der Waals surface area (Å²) in [5, 5.41) is 2.56. The number of nitrogens with two attached hydrogens (primary N) is 1. The van der Waals surface area contributed by atoms with Gasteiger partial charge < -0.3 is 30.0 Å². The molecule has 2 unspecified atom stereocenters. The topological polar surface area (TPSA) is 143 Å². The van der Waals surface area contributed by atoms with E-state index in [1.54, 1.807) is 39.4 Å². The standard InChI is InChI=1S/C30H42N2O8/c1-16-10-9-11-17(2)29(35)32-23-15-21(33)14-22(25(23)34)27(38-7)20(5)13-24(37-6)28(39-8)19(4)12-18(3)26(16)40-30(31)36/h9-12,14-16,19-20,24,26-28H,13H2,1-8H3,(H2,31,36)(H,32,35)/b10-9-,17-11+,18-12+/t16-,19+,20-,24?,26?,27+,28-/m0/s1. The fourth-order valence-electron chi connectivity index (χ4n) is 5.27. The summed E-state index contributed by atoms with van der Waals surface area (Å²) in [7, 11) is 4.64. The first-order valence-corrected chi connectivity index (χ1v) is 13.3. The highest BCUT2D eigenvalue weighted by atomic mass is 16.6. The normalized spacial score (nSPS) is 34.4. The molecule has 220 valence electrons. The van der Waals surface area contributed by atoms with Crippen LogP contribution in [0.4, 0.5) is 4.79 Å². The van der Waals surface area contributed by atoms with Crippen molar-refractivity contribution < 1.29 is 38.1 Å². The maximum Gasteiger partial charge on any atom is 0.405 e. The lowest BCUT2D eigenvalue weighted by Crippen LogP contribution is -2.40. The molecule has 10 heteroatoms. The zero-order valence-corrected chi connectivity index (χ0v) is 24.6. The molecular weight excluding hydrogens is 516 g/mol. The number of allylic oxidation sites excluding steroid dienone is 5. The van der Waals surface area contributed by atoms with Gasteiger partial charge in [0.2, 0.25) is 5.78 Å². The van der Waals surface area contributed by atoms with Gasteiger partial charge in [0.15, 0.2) is 5.78 Å². The van der Waals surface area contributed by atoms with Crippen LogP contribution in [0.2, 0.25) is 0 Å². The van der Waals surface area contributed by atoms with E-state index >= 15 is 0 Å². The number of amides is 2. The molecule has 2 bridgehead atoms. The summed E-state index contributed by atoms with van der Waals surface area (Å²) in [6, 6.07) is 0. The molecule has 1 aliphatic carbocycles. The van der Waals surface area contributed by atoms with Crippen LogP contribution in [-0.2, 0) is 33.3 Å². The zero-order chi connectivity index (χ0) is 30.1. The molecule has 0 aromatic carbocycles. The smallest absolute Gasteiger partial charge is 0.405 e. The van der Waals surface area contributed by atoms with Crippen molar-refractivity contribution in [1.29, 1.82) is 0 Å². The van der Waals surface area contributed by atoms with E-state index in [2.05, 4.69) is 5.32 Å². The maximum absolute atomic E-state index is 13.4. The second kappa shape index (κ2) is 14.9. The lowest BCUT2D eigenvalue weighted by molar-refractivity contribution is -0.120. The van der Waals surface area contributed by atoms with Crippen LogP contribution < -0.4 is 11.1 Å².